The van der Waals surface area contributed by atoms with Crippen LogP contribution < -0.4 is 5.32 Å². The molecule has 1 heterocycles. The third-order valence-electron chi connectivity index (χ3n) is 3.51. The molecule has 0 spiro atoms. The second-order valence-electron chi connectivity index (χ2n) is 5.12. The molecule has 2 N–H and O–H groups in total. The standard InChI is InChI=1S/C13H16F3NO/c1-12(8-18)6-10(7-17-12)9-3-2-4-11(5-9)13(14,15)16/h2-5,10,17-18H,6-8H2,1H3. The molecule has 18 heavy (non-hydrogen) atoms. The van der Waals surface area contributed by atoms with E-state index in [0.29, 0.717) is 18.5 Å². The minimum absolute atomic E-state index is 0.0114. The Labute approximate surface area is 104 Å². The topological polar surface area (TPSA) is 32.3 Å². The molecule has 5 heteroatoms. The van der Waals surface area contributed by atoms with E-state index in [4.69, 9.17) is 0 Å². The first-order valence-corrected chi connectivity index (χ1v) is 5.87. The highest BCUT2D eigenvalue weighted by Gasteiger charge is 2.36. The van der Waals surface area contributed by atoms with E-state index in [-0.39, 0.29) is 18.1 Å². The second-order valence-corrected chi connectivity index (χ2v) is 5.12. The van der Waals surface area contributed by atoms with Crippen LogP contribution in [0, 0.1) is 0 Å². The minimum atomic E-state index is -4.30. The molecule has 2 unspecified atom stereocenters. The molecule has 1 aliphatic heterocycles. The Bertz CT molecular complexity index is 432. The van der Waals surface area contributed by atoms with Gasteiger partial charge in [0.15, 0.2) is 0 Å². The number of hydrogen-bond donors (Lipinski definition) is 2. The van der Waals surface area contributed by atoms with Crippen molar-refractivity contribution < 1.29 is 18.3 Å². The number of hydrogen-bond acceptors (Lipinski definition) is 2. The number of rotatable bonds is 2. The molecule has 0 aromatic heterocycles. The van der Waals surface area contributed by atoms with Gasteiger partial charge in [-0.25, -0.2) is 0 Å². The lowest BCUT2D eigenvalue weighted by Crippen LogP contribution is -2.39. The van der Waals surface area contributed by atoms with Crippen LogP contribution in [-0.2, 0) is 6.18 Å². The summed E-state index contributed by atoms with van der Waals surface area (Å²) in [6.07, 6.45) is -3.66. The van der Waals surface area contributed by atoms with Gasteiger partial charge < -0.3 is 10.4 Å². The molecule has 2 atom stereocenters. The van der Waals surface area contributed by atoms with Gasteiger partial charge in [-0.1, -0.05) is 18.2 Å². The van der Waals surface area contributed by atoms with Crippen LogP contribution in [0.15, 0.2) is 24.3 Å². The largest absolute Gasteiger partial charge is 0.416 e. The van der Waals surface area contributed by atoms with Crippen molar-refractivity contribution in [3.05, 3.63) is 35.4 Å². The molecule has 1 aromatic rings. The van der Waals surface area contributed by atoms with Crippen LogP contribution >= 0.6 is 0 Å². The minimum Gasteiger partial charge on any atom is -0.394 e. The molecule has 1 fully saturated rings. The summed E-state index contributed by atoms with van der Waals surface area (Å²) in [6, 6.07) is 5.43. The highest BCUT2D eigenvalue weighted by atomic mass is 19.4. The molecule has 1 aliphatic rings. The van der Waals surface area contributed by atoms with Gasteiger partial charge in [-0.3, -0.25) is 0 Å². The van der Waals surface area contributed by atoms with E-state index in [0.717, 1.165) is 6.07 Å². The molecule has 0 aliphatic carbocycles. The van der Waals surface area contributed by atoms with Crippen molar-refractivity contribution in [2.45, 2.75) is 31.0 Å². The van der Waals surface area contributed by atoms with E-state index in [1.165, 1.54) is 12.1 Å². The van der Waals surface area contributed by atoms with Crippen LogP contribution in [0.1, 0.15) is 30.4 Å². The van der Waals surface area contributed by atoms with Crippen molar-refractivity contribution in [2.24, 2.45) is 0 Å². The quantitative estimate of drug-likeness (QED) is 0.855. The zero-order valence-corrected chi connectivity index (χ0v) is 10.1. The summed E-state index contributed by atoms with van der Waals surface area (Å²) in [5, 5.41) is 12.4. The molecule has 1 saturated heterocycles. The number of aliphatic hydroxyl groups is 1. The van der Waals surface area contributed by atoms with Gasteiger partial charge in [0.25, 0.3) is 0 Å². The summed E-state index contributed by atoms with van der Waals surface area (Å²) >= 11 is 0. The first kappa shape index (κ1) is 13.4. The number of alkyl halides is 3. The van der Waals surface area contributed by atoms with Gasteiger partial charge >= 0.3 is 6.18 Å². The van der Waals surface area contributed by atoms with E-state index in [9.17, 15) is 18.3 Å². The van der Waals surface area contributed by atoms with Crippen molar-refractivity contribution in [2.75, 3.05) is 13.2 Å². The summed E-state index contributed by atoms with van der Waals surface area (Å²) in [5.74, 6) is 0.0180. The van der Waals surface area contributed by atoms with Gasteiger partial charge in [0.2, 0.25) is 0 Å². The van der Waals surface area contributed by atoms with Gasteiger partial charge in [0, 0.05) is 12.1 Å². The van der Waals surface area contributed by atoms with Crippen LogP contribution in [0.4, 0.5) is 13.2 Å². The smallest absolute Gasteiger partial charge is 0.394 e. The van der Waals surface area contributed by atoms with Crippen molar-refractivity contribution in [3.63, 3.8) is 0 Å². The third kappa shape index (κ3) is 2.67. The van der Waals surface area contributed by atoms with E-state index in [2.05, 4.69) is 5.32 Å². The summed E-state index contributed by atoms with van der Waals surface area (Å²) in [5.41, 5.74) is -0.328. The van der Waals surface area contributed by atoms with E-state index in [1.54, 1.807) is 6.07 Å². The van der Waals surface area contributed by atoms with Gasteiger partial charge in [0.05, 0.1) is 12.2 Å². The number of halogens is 3. The van der Waals surface area contributed by atoms with Crippen LogP contribution in [0.3, 0.4) is 0 Å². The average Bonchev–Trinajstić information content (AvgIpc) is 2.72. The van der Waals surface area contributed by atoms with Crippen molar-refractivity contribution in [1.82, 2.24) is 5.32 Å². The third-order valence-corrected chi connectivity index (χ3v) is 3.51. The number of nitrogens with one attached hydrogen (secondary N) is 1. The Balaban J connectivity index is 2.21. The summed E-state index contributed by atoms with van der Waals surface area (Å²) in [7, 11) is 0. The van der Waals surface area contributed by atoms with Crippen molar-refractivity contribution in [3.8, 4) is 0 Å². The van der Waals surface area contributed by atoms with Crippen LogP contribution in [0.5, 0.6) is 0 Å². The van der Waals surface area contributed by atoms with E-state index in [1.807, 2.05) is 6.92 Å². The Kier molecular flexibility index (Phi) is 3.38. The normalized spacial score (nSPS) is 28.6. The molecule has 0 radical (unpaired) electrons. The highest BCUT2D eigenvalue weighted by Crippen LogP contribution is 2.35. The molecule has 2 rings (SSSR count). The first-order chi connectivity index (χ1) is 8.34. The van der Waals surface area contributed by atoms with E-state index >= 15 is 0 Å². The lowest BCUT2D eigenvalue weighted by Gasteiger charge is -2.21. The molecule has 0 bridgehead atoms. The molecule has 0 saturated carbocycles. The van der Waals surface area contributed by atoms with Gasteiger partial charge in [-0.05, 0) is 30.9 Å². The predicted octanol–water partition coefficient (Wildman–Crippen LogP) is 2.53. The summed E-state index contributed by atoms with van der Waals surface area (Å²) in [4.78, 5) is 0. The predicted molar refractivity (Wildman–Crippen MR) is 62.3 cm³/mol. The van der Waals surface area contributed by atoms with Gasteiger partial charge in [-0.15, -0.1) is 0 Å². The zero-order valence-electron chi connectivity index (χ0n) is 10.1. The Hall–Kier alpha value is -1.07. The second kappa shape index (κ2) is 4.55. The molecular weight excluding hydrogens is 243 g/mol. The Morgan fingerprint density at radius 2 is 2.17 bits per heavy atom. The van der Waals surface area contributed by atoms with E-state index < -0.39 is 11.7 Å². The fraction of sp³-hybridized carbons (Fsp3) is 0.538. The lowest BCUT2D eigenvalue weighted by atomic mass is 9.90. The van der Waals surface area contributed by atoms with Crippen LogP contribution in [-0.4, -0.2) is 23.8 Å². The van der Waals surface area contributed by atoms with Gasteiger partial charge in [-0.2, -0.15) is 13.2 Å². The monoisotopic (exact) mass is 259 g/mol. The van der Waals surface area contributed by atoms with Crippen LogP contribution in [0.2, 0.25) is 0 Å². The summed E-state index contributed by atoms with van der Waals surface area (Å²) in [6.45, 7) is 2.46. The molecule has 2 nitrogen and oxygen atoms in total. The Morgan fingerprint density at radius 3 is 2.72 bits per heavy atom. The number of benzene rings is 1. The Morgan fingerprint density at radius 1 is 1.44 bits per heavy atom. The lowest BCUT2D eigenvalue weighted by molar-refractivity contribution is -0.137. The average molecular weight is 259 g/mol. The highest BCUT2D eigenvalue weighted by molar-refractivity contribution is 5.30. The molecule has 0 amide bonds. The van der Waals surface area contributed by atoms with Crippen molar-refractivity contribution in [1.29, 1.82) is 0 Å². The van der Waals surface area contributed by atoms with Crippen LogP contribution in [0.25, 0.3) is 0 Å². The maximum absolute atomic E-state index is 12.6. The maximum atomic E-state index is 12.6. The maximum Gasteiger partial charge on any atom is 0.416 e. The summed E-state index contributed by atoms with van der Waals surface area (Å²) < 4.78 is 37.9. The first-order valence-electron chi connectivity index (χ1n) is 5.87. The SMILES string of the molecule is CC1(CO)CC(c2cccc(C(F)(F)F)c2)CN1. The molecule has 1 aromatic carbocycles. The number of aliphatic hydroxyl groups excluding tert-OH is 1. The van der Waals surface area contributed by atoms with Gasteiger partial charge in [0.1, 0.15) is 0 Å². The zero-order chi connectivity index (χ0) is 13.4. The molecular formula is C13H16F3NO. The fourth-order valence-electron chi connectivity index (χ4n) is 2.38. The molecule has 100 valence electrons. The van der Waals surface area contributed by atoms with Crippen molar-refractivity contribution >= 4 is 0 Å². The fourth-order valence-corrected chi connectivity index (χ4v) is 2.38.